The minimum atomic E-state index is -3.88. The van der Waals surface area contributed by atoms with Crippen LogP contribution >= 0.6 is 11.6 Å². The van der Waals surface area contributed by atoms with Crippen LogP contribution in [0.5, 0.6) is 17.2 Å². The van der Waals surface area contributed by atoms with Gasteiger partial charge < -0.3 is 19.5 Å². The molecule has 0 aromatic heterocycles. The van der Waals surface area contributed by atoms with E-state index < -0.39 is 22.0 Å². The number of carbonyl (C=O) groups is 1. The lowest BCUT2D eigenvalue weighted by molar-refractivity contribution is -0.123. The molecule has 1 atom stereocenters. The van der Waals surface area contributed by atoms with Gasteiger partial charge in [0.15, 0.2) is 11.5 Å². The fourth-order valence-electron chi connectivity index (χ4n) is 3.23. The van der Waals surface area contributed by atoms with Gasteiger partial charge in [0.25, 0.3) is 0 Å². The molecule has 1 aliphatic rings. The van der Waals surface area contributed by atoms with Crippen molar-refractivity contribution < 1.29 is 27.4 Å². The molecule has 0 spiro atoms. The van der Waals surface area contributed by atoms with Crippen LogP contribution in [0.3, 0.4) is 0 Å². The Morgan fingerprint density at radius 3 is 2.50 bits per heavy atom. The molecule has 0 radical (unpaired) electrons. The second kappa shape index (κ2) is 10.4. The summed E-state index contributed by atoms with van der Waals surface area (Å²) in [7, 11) is -2.38. The minimum Gasteiger partial charge on any atom is -0.497 e. The molecule has 0 saturated carbocycles. The van der Waals surface area contributed by atoms with Crippen LogP contribution in [-0.2, 0) is 21.2 Å². The maximum Gasteiger partial charge on any atom is 0.241 e. The van der Waals surface area contributed by atoms with Crippen LogP contribution in [0.2, 0.25) is 5.02 Å². The first-order valence-corrected chi connectivity index (χ1v) is 12.1. The number of hydrogen-bond acceptors (Lipinski definition) is 6. The molecule has 32 heavy (non-hydrogen) atoms. The van der Waals surface area contributed by atoms with Crippen LogP contribution in [0.15, 0.2) is 41.3 Å². The Hall–Kier alpha value is -2.49. The number of nitrogens with one attached hydrogen (secondary N) is 2. The molecule has 10 heteroatoms. The maximum absolute atomic E-state index is 12.8. The van der Waals surface area contributed by atoms with Gasteiger partial charge in [-0.25, -0.2) is 8.42 Å². The molecule has 1 amide bonds. The van der Waals surface area contributed by atoms with E-state index in [1.54, 1.807) is 32.0 Å². The molecule has 1 aliphatic heterocycles. The first-order chi connectivity index (χ1) is 15.2. The number of fused-ring (bicyclic) bond motifs is 1. The standard InChI is InChI=1S/C22H27ClN2O6S/c1-14(2)20(25-32(27,28)17-6-4-16(29-3)5-7-17)22(26)24-9-8-15-12-18(23)21-19(13-15)30-10-11-31-21/h4-7,12-14,20,25H,8-11H2,1-3H3,(H,24,26)/t20-/m1/s1. The molecule has 8 nitrogen and oxygen atoms in total. The van der Waals surface area contributed by atoms with Gasteiger partial charge in [-0.2, -0.15) is 4.72 Å². The Morgan fingerprint density at radius 2 is 1.84 bits per heavy atom. The number of halogens is 1. The van der Waals surface area contributed by atoms with Crippen molar-refractivity contribution in [3.05, 3.63) is 47.0 Å². The van der Waals surface area contributed by atoms with Crippen LogP contribution in [-0.4, -0.2) is 47.2 Å². The maximum atomic E-state index is 12.8. The summed E-state index contributed by atoms with van der Waals surface area (Å²) in [6.07, 6.45) is 0.498. The van der Waals surface area contributed by atoms with Crippen molar-refractivity contribution in [3.8, 4) is 17.2 Å². The number of sulfonamides is 1. The number of rotatable bonds is 9. The molecule has 2 N–H and O–H groups in total. The molecular weight excluding hydrogens is 456 g/mol. The smallest absolute Gasteiger partial charge is 0.241 e. The van der Waals surface area contributed by atoms with E-state index in [1.807, 2.05) is 6.07 Å². The highest BCUT2D eigenvalue weighted by Crippen LogP contribution is 2.38. The third-order valence-corrected chi connectivity index (χ3v) is 6.71. The normalized spacial score (nSPS) is 14.2. The van der Waals surface area contributed by atoms with Crippen molar-refractivity contribution in [2.24, 2.45) is 5.92 Å². The summed E-state index contributed by atoms with van der Waals surface area (Å²) in [6, 6.07) is 8.65. The Bertz CT molecular complexity index is 1060. The van der Waals surface area contributed by atoms with Gasteiger partial charge in [-0.1, -0.05) is 25.4 Å². The highest BCUT2D eigenvalue weighted by atomic mass is 35.5. The summed E-state index contributed by atoms with van der Waals surface area (Å²) >= 11 is 6.25. The molecule has 0 aliphatic carbocycles. The van der Waals surface area contributed by atoms with Crippen molar-refractivity contribution >= 4 is 27.5 Å². The summed E-state index contributed by atoms with van der Waals surface area (Å²) in [5.41, 5.74) is 0.875. The summed E-state index contributed by atoms with van der Waals surface area (Å²) < 4.78 is 44.1. The summed E-state index contributed by atoms with van der Waals surface area (Å²) in [6.45, 7) is 4.77. The highest BCUT2D eigenvalue weighted by Gasteiger charge is 2.28. The molecule has 2 aromatic rings. The van der Waals surface area contributed by atoms with E-state index in [0.717, 1.165) is 5.56 Å². The summed E-state index contributed by atoms with van der Waals surface area (Å²) in [5.74, 6) is 0.990. The van der Waals surface area contributed by atoms with E-state index in [9.17, 15) is 13.2 Å². The second-order valence-electron chi connectivity index (χ2n) is 7.66. The van der Waals surface area contributed by atoms with Crippen LogP contribution in [0.25, 0.3) is 0 Å². The van der Waals surface area contributed by atoms with Gasteiger partial charge in [-0.3, -0.25) is 4.79 Å². The summed E-state index contributed by atoms with van der Waals surface area (Å²) in [5, 5.41) is 3.26. The van der Waals surface area contributed by atoms with Gasteiger partial charge >= 0.3 is 0 Å². The van der Waals surface area contributed by atoms with E-state index in [2.05, 4.69) is 10.0 Å². The molecule has 3 rings (SSSR count). The number of carbonyl (C=O) groups excluding carboxylic acids is 1. The zero-order chi connectivity index (χ0) is 23.3. The quantitative estimate of drug-likeness (QED) is 0.569. The van der Waals surface area contributed by atoms with Crippen LogP contribution in [0.4, 0.5) is 0 Å². The average Bonchev–Trinajstić information content (AvgIpc) is 2.77. The predicted octanol–water partition coefficient (Wildman–Crippen LogP) is 2.78. The third kappa shape index (κ3) is 5.85. The van der Waals surface area contributed by atoms with E-state index in [1.165, 1.54) is 19.2 Å². The fourth-order valence-corrected chi connectivity index (χ4v) is 4.86. The van der Waals surface area contributed by atoms with Gasteiger partial charge in [0, 0.05) is 6.54 Å². The van der Waals surface area contributed by atoms with Gasteiger partial charge in [-0.15, -0.1) is 0 Å². The lowest BCUT2D eigenvalue weighted by Gasteiger charge is -2.22. The van der Waals surface area contributed by atoms with E-state index in [-0.39, 0.29) is 10.8 Å². The lowest BCUT2D eigenvalue weighted by Crippen LogP contribution is -2.49. The third-order valence-electron chi connectivity index (χ3n) is 4.97. The van der Waals surface area contributed by atoms with Crippen LogP contribution < -0.4 is 24.2 Å². The minimum absolute atomic E-state index is 0.0580. The molecule has 2 aromatic carbocycles. The van der Waals surface area contributed by atoms with Crippen molar-refractivity contribution in [2.75, 3.05) is 26.9 Å². The number of benzene rings is 2. The van der Waals surface area contributed by atoms with Gasteiger partial charge in [0.05, 0.1) is 17.0 Å². The van der Waals surface area contributed by atoms with Crippen LogP contribution in [0.1, 0.15) is 19.4 Å². The first kappa shape index (κ1) is 24.2. The van der Waals surface area contributed by atoms with E-state index in [0.29, 0.717) is 48.5 Å². The molecule has 0 fully saturated rings. The molecule has 174 valence electrons. The number of amides is 1. The Morgan fingerprint density at radius 1 is 1.16 bits per heavy atom. The second-order valence-corrected chi connectivity index (χ2v) is 9.78. The topological polar surface area (TPSA) is 103 Å². The number of hydrogen-bond donors (Lipinski definition) is 2. The lowest BCUT2D eigenvalue weighted by atomic mass is 10.0. The monoisotopic (exact) mass is 482 g/mol. The van der Waals surface area contributed by atoms with Crippen molar-refractivity contribution in [1.29, 1.82) is 0 Å². The molecule has 0 saturated heterocycles. The number of ether oxygens (including phenoxy) is 3. The number of methoxy groups -OCH3 is 1. The van der Waals surface area contributed by atoms with Crippen LogP contribution in [0, 0.1) is 5.92 Å². The van der Waals surface area contributed by atoms with Crippen molar-refractivity contribution in [3.63, 3.8) is 0 Å². The zero-order valence-corrected chi connectivity index (χ0v) is 19.8. The Kier molecular flexibility index (Phi) is 7.86. The largest absolute Gasteiger partial charge is 0.497 e. The average molecular weight is 483 g/mol. The molecule has 1 heterocycles. The SMILES string of the molecule is COc1ccc(S(=O)(=O)N[C@@H](C(=O)NCCc2cc(Cl)c3c(c2)OCCO3)C(C)C)cc1. The summed E-state index contributed by atoms with van der Waals surface area (Å²) in [4.78, 5) is 12.8. The van der Waals surface area contributed by atoms with Crippen molar-refractivity contribution in [2.45, 2.75) is 31.2 Å². The van der Waals surface area contributed by atoms with E-state index >= 15 is 0 Å². The highest BCUT2D eigenvalue weighted by molar-refractivity contribution is 7.89. The van der Waals surface area contributed by atoms with Crippen molar-refractivity contribution in [1.82, 2.24) is 10.0 Å². The van der Waals surface area contributed by atoms with Gasteiger partial charge in [0.1, 0.15) is 25.0 Å². The predicted molar refractivity (Wildman–Crippen MR) is 121 cm³/mol. The molecular formula is C22H27ClN2O6S. The van der Waals surface area contributed by atoms with Gasteiger partial charge in [0.2, 0.25) is 15.9 Å². The van der Waals surface area contributed by atoms with Gasteiger partial charge in [-0.05, 0) is 54.3 Å². The van der Waals surface area contributed by atoms with E-state index in [4.69, 9.17) is 25.8 Å². The first-order valence-electron chi connectivity index (χ1n) is 10.2. The molecule has 0 bridgehead atoms. The molecule has 0 unspecified atom stereocenters. The Balaban J connectivity index is 1.62. The fraction of sp³-hybridized carbons (Fsp3) is 0.409. The Labute approximate surface area is 193 Å². The zero-order valence-electron chi connectivity index (χ0n) is 18.2.